The van der Waals surface area contributed by atoms with Crippen molar-refractivity contribution in [2.24, 2.45) is 0 Å². The van der Waals surface area contributed by atoms with Gasteiger partial charge < -0.3 is 5.32 Å². The van der Waals surface area contributed by atoms with Crippen LogP contribution in [0.4, 0.5) is 4.39 Å². The summed E-state index contributed by atoms with van der Waals surface area (Å²) in [5, 5.41) is 11.8. The van der Waals surface area contributed by atoms with Crippen LogP contribution < -0.4 is 5.32 Å². The zero-order valence-corrected chi connectivity index (χ0v) is 16.8. The molecule has 0 aliphatic heterocycles. The molecule has 0 saturated carbocycles. The van der Waals surface area contributed by atoms with Crippen LogP contribution >= 0.6 is 0 Å². The Morgan fingerprint density at radius 2 is 1.86 bits per heavy atom. The molecule has 0 aromatic heterocycles. The van der Waals surface area contributed by atoms with Crippen molar-refractivity contribution in [1.82, 2.24) is 9.62 Å². The number of benzene rings is 2. The molecule has 1 atom stereocenters. The van der Waals surface area contributed by atoms with Gasteiger partial charge in [0.05, 0.1) is 11.0 Å². The highest BCUT2D eigenvalue weighted by Gasteiger charge is 2.25. The predicted molar refractivity (Wildman–Crippen MR) is 104 cm³/mol. The number of rotatable bonds is 7. The van der Waals surface area contributed by atoms with Gasteiger partial charge in [0, 0.05) is 24.2 Å². The summed E-state index contributed by atoms with van der Waals surface area (Å²) in [4.78, 5) is 12.6. The molecule has 0 aliphatic carbocycles. The van der Waals surface area contributed by atoms with Gasteiger partial charge in [-0.25, -0.2) is 12.8 Å². The van der Waals surface area contributed by atoms with Gasteiger partial charge in [0.15, 0.2) is 0 Å². The number of halogens is 1. The molecule has 1 unspecified atom stereocenters. The number of hydrogen-bond acceptors (Lipinski definition) is 4. The lowest BCUT2D eigenvalue weighted by molar-refractivity contribution is 0.0944. The number of carbonyl (C=O) groups is 1. The van der Waals surface area contributed by atoms with Crippen molar-refractivity contribution in [3.63, 3.8) is 0 Å². The van der Waals surface area contributed by atoms with Gasteiger partial charge in [-0.1, -0.05) is 38.1 Å². The summed E-state index contributed by atoms with van der Waals surface area (Å²) in [7, 11) is -3.75. The Kier molecular flexibility index (Phi) is 6.89. The standard InChI is InChI=1S/C20H22FN3O3S/c1-4-24(5-2)28(26,27)19-12-15(11-10-14(19)3)20(25)23-18(13-22)16-8-6-7-9-17(16)21/h6-12,18H,4-5H2,1-3H3,(H,23,25). The molecular formula is C20H22FN3O3S. The third-order valence-electron chi connectivity index (χ3n) is 4.39. The first-order chi connectivity index (χ1) is 13.3. The Morgan fingerprint density at radius 3 is 2.43 bits per heavy atom. The molecule has 0 bridgehead atoms. The molecule has 0 heterocycles. The number of nitrogens with one attached hydrogen (secondary N) is 1. The molecule has 0 spiro atoms. The Bertz CT molecular complexity index is 1010. The van der Waals surface area contributed by atoms with Gasteiger partial charge in [0.1, 0.15) is 11.9 Å². The maximum atomic E-state index is 13.9. The summed E-state index contributed by atoms with van der Waals surface area (Å²) in [5.74, 6) is -1.27. The number of nitriles is 1. The molecule has 6 nitrogen and oxygen atoms in total. The van der Waals surface area contributed by atoms with E-state index >= 15 is 0 Å². The molecule has 28 heavy (non-hydrogen) atoms. The van der Waals surface area contributed by atoms with Crippen LogP contribution in [0, 0.1) is 24.1 Å². The highest BCUT2D eigenvalue weighted by atomic mass is 32.2. The molecule has 0 saturated heterocycles. The zero-order valence-electron chi connectivity index (χ0n) is 15.9. The third kappa shape index (κ3) is 4.38. The van der Waals surface area contributed by atoms with Gasteiger partial charge in [-0.15, -0.1) is 0 Å². The lowest BCUT2D eigenvalue weighted by Gasteiger charge is -2.20. The van der Waals surface area contributed by atoms with E-state index < -0.39 is 27.8 Å². The molecule has 0 aliphatic rings. The van der Waals surface area contributed by atoms with Crippen LogP contribution in [0.15, 0.2) is 47.4 Å². The smallest absolute Gasteiger partial charge is 0.252 e. The Balaban J connectivity index is 2.37. The molecule has 2 rings (SSSR count). The molecule has 1 N–H and O–H groups in total. The van der Waals surface area contributed by atoms with Crippen LogP contribution in [0.3, 0.4) is 0 Å². The Labute approximate surface area is 164 Å². The van der Waals surface area contributed by atoms with E-state index in [1.54, 1.807) is 26.8 Å². The fraction of sp³-hybridized carbons (Fsp3) is 0.300. The average Bonchev–Trinajstić information content (AvgIpc) is 2.67. The van der Waals surface area contributed by atoms with E-state index in [0.717, 1.165) is 0 Å². The second-order valence-electron chi connectivity index (χ2n) is 6.13. The normalized spacial score (nSPS) is 12.4. The van der Waals surface area contributed by atoms with Gasteiger partial charge in [-0.2, -0.15) is 9.57 Å². The van der Waals surface area contributed by atoms with E-state index in [4.69, 9.17) is 0 Å². The van der Waals surface area contributed by atoms with Crippen LogP contribution in [0.2, 0.25) is 0 Å². The van der Waals surface area contributed by atoms with Crippen molar-refractivity contribution in [1.29, 1.82) is 5.26 Å². The van der Waals surface area contributed by atoms with Crippen molar-refractivity contribution in [2.45, 2.75) is 31.7 Å². The lowest BCUT2D eigenvalue weighted by atomic mass is 10.1. The number of sulfonamides is 1. The van der Waals surface area contributed by atoms with Crippen LogP contribution in [-0.4, -0.2) is 31.7 Å². The summed E-state index contributed by atoms with van der Waals surface area (Å²) in [5.41, 5.74) is 0.628. The fourth-order valence-corrected chi connectivity index (χ4v) is 4.53. The third-order valence-corrected chi connectivity index (χ3v) is 6.59. The Hall–Kier alpha value is -2.76. The summed E-state index contributed by atoms with van der Waals surface area (Å²) in [6, 6.07) is 10.6. The second kappa shape index (κ2) is 8.95. The number of nitrogens with zero attached hydrogens (tertiary/aromatic N) is 2. The van der Waals surface area contributed by atoms with Crippen molar-refractivity contribution in [2.75, 3.05) is 13.1 Å². The predicted octanol–water partition coefficient (Wildman–Crippen LogP) is 3.16. The number of hydrogen-bond donors (Lipinski definition) is 1. The maximum absolute atomic E-state index is 13.9. The first-order valence-corrected chi connectivity index (χ1v) is 10.3. The van der Waals surface area contributed by atoms with Gasteiger partial charge in [0.25, 0.3) is 5.91 Å². The van der Waals surface area contributed by atoms with Crippen molar-refractivity contribution in [3.8, 4) is 6.07 Å². The lowest BCUT2D eigenvalue weighted by Crippen LogP contribution is -2.32. The fourth-order valence-electron chi connectivity index (χ4n) is 2.83. The number of carbonyl (C=O) groups excluding carboxylic acids is 1. The molecular weight excluding hydrogens is 381 g/mol. The molecule has 8 heteroatoms. The van der Waals surface area contributed by atoms with Gasteiger partial charge in [0.2, 0.25) is 10.0 Å². The molecule has 2 aromatic rings. The van der Waals surface area contributed by atoms with Crippen molar-refractivity contribution < 1.29 is 17.6 Å². The first-order valence-electron chi connectivity index (χ1n) is 8.81. The number of aryl methyl sites for hydroxylation is 1. The van der Waals surface area contributed by atoms with Crippen LogP contribution in [0.5, 0.6) is 0 Å². The van der Waals surface area contributed by atoms with E-state index in [2.05, 4.69) is 5.32 Å². The Morgan fingerprint density at radius 1 is 1.21 bits per heavy atom. The molecule has 1 amide bonds. The van der Waals surface area contributed by atoms with Crippen molar-refractivity contribution >= 4 is 15.9 Å². The topological polar surface area (TPSA) is 90.3 Å². The molecule has 148 valence electrons. The van der Waals surface area contributed by atoms with Crippen LogP contribution in [0.1, 0.15) is 41.4 Å². The quantitative estimate of drug-likeness (QED) is 0.769. The first kappa shape index (κ1) is 21.5. The summed E-state index contributed by atoms with van der Waals surface area (Å²) in [6.07, 6.45) is 0. The molecule has 0 fully saturated rings. The van der Waals surface area contributed by atoms with Gasteiger partial charge in [-0.3, -0.25) is 4.79 Å². The summed E-state index contributed by atoms with van der Waals surface area (Å²) in [6.45, 7) is 5.73. The maximum Gasteiger partial charge on any atom is 0.252 e. The summed E-state index contributed by atoms with van der Waals surface area (Å²) >= 11 is 0. The second-order valence-corrected chi connectivity index (χ2v) is 8.03. The van der Waals surface area contributed by atoms with E-state index in [1.807, 2.05) is 6.07 Å². The number of amides is 1. The van der Waals surface area contributed by atoms with E-state index in [1.165, 1.54) is 40.7 Å². The highest BCUT2D eigenvalue weighted by Crippen LogP contribution is 2.22. The van der Waals surface area contributed by atoms with Crippen LogP contribution in [0.25, 0.3) is 0 Å². The van der Waals surface area contributed by atoms with Gasteiger partial charge >= 0.3 is 0 Å². The summed E-state index contributed by atoms with van der Waals surface area (Å²) < 4.78 is 40.9. The van der Waals surface area contributed by atoms with Gasteiger partial charge in [-0.05, 0) is 30.7 Å². The van der Waals surface area contributed by atoms with Crippen LogP contribution in [-0.2, 0) is 10.0 Å². The monoisotopic (exact) mass is 403 g/mol. The minimum atomic E-state index is -3.75. The van der Waals surface area contributed by atoms with E-state index in [9.17, 15) is 22.9 Å². The van der Waals surface area contributed by atoms with E-state index in [-0.39, 0.29) is 16.0 Å². The highest BCUT2D eigenvalue weighted by molar-refractivity contribution is 7.89. The zero-order chi connectivity index (χ0) is 20.9. The minimum Gasteiger partial charge on any atom is -0.332 e. The molecule has 0 radical (unpaired) electrons. The minimum absolute atomic E-state index is 0.0308. The SMILES string of the molecule is CCN(CC)S(=O)(=O)c1cc(C(=O)NC(C#N)c2ccccc2F)ccc1C. The average molecular weight is 403 g/mol. The largest absolute Gasteiger partial charge is 0.332 e. The van der Waals surface area contributed by atoms with E-state index in [0.29, 0.717) is 18.7 Å². The van der Waals surface area contributed by atoms with Crippen molar-refractivity contribution in [3.05, 3.63) is 65.0 Å². The molecule has 2 aromatic carbocycles.